The molecule has 0 amide bonds. The minimum Gasteiger partial charge on any atom is -0.439 e. The Bertz CT molecular complexity index is 1030. The van der Waals surface area contributed by atoms with Crippen LogP contribution in [0.3, 0.4) is 0 Å². The van der Waals surface area contributed by atoms with E-state index in [9.17, 15) is 0 Å². The number of hydrogen-bond donors (Lipinski definition) is 2. The molecule has 0 saturated carbocycles. The van der Waals surface area contributed by atoms with Crippen molar-refractivity contribution in [1.29, 1.82) is 0 Å². The number of nitrogens with zero attached hydrogens (tertiary/aromatic N) is 3. The van der Waals surface area contributed by atoms with Crippen molar-refractivity contribution in [2.45, 2.75) is 32.6 Å². The number of nitrogens with one attached hydrogen (secondary N) is 2. The lowest BCUT2D eigenvalue weighted by atomic mass is 10.0. The minimum absolute atomic E-state index is 0.442. The molecular formula is C26H31N5OS. The molecule has 0 bridgehead atoms. The third kappa shape index (κ3) is 7.15. The average Bonchev–Trinajstić information content (AvgIpc) is 2.83. The number of piperidine rings is 1. The van der Waals surface area contributed by atoms with Crippen molar-refractivity contribution in [2.24, 2.45) is 5.92 Å². The topological polar surface area (TPSA) is 62.3 Å². The number of anilines is 2. The second kappa shape index (κ2) is 11.6. The van der Waals surface area contributed by atoms with Crippen LogP contribution in [0.25, 0.3) is 0 Å². The molecule has 0 radical (unpaired) electrons. The first kappa shape index (κ1) is 23.0. The van der Waals surface area contributed by atoms with Crippen molar-refractivity contribution in [3.8, 4) is 11.6 Å². The Balaban J connectivity index is 1.41. The molecular weight excluding hydrogens is 430 g/mol. The summed E-state index contributed by atoms with van der Waals surface area (Å²) in [6.45, 7) is 5.01. The molecule has 1 saturated heterocycles. The smallest absolute Gasteiger partial charge is 0.234 e. The van der Waals surface area contributed by atoms with Crippen molar-refractivity contribution in [3.63, 3.8) is 0 Å². The minimum atomic E-state index is 0.442. The van der Waals surface area contributed by atoms with Gasteiger partial charge in [0.05, 0.1) is 0 Å². The zero-order valence-corrected chi connectivity index (χ0v) is 19.9. The van der Waals surface area contributed by atoms with Gasteiger partial charge < -0.3 is 20.3 Å². The third-order valence-corrected chi connectivity index (χ3v) is 5.88. The highest BCUT2D eigenvalue weighted by Gasteiger charge is 2.20. The van der Waals surface area contributed by atoms with Crippen LogP contribution in [0.4, 0.5) is 11.8 Å². The number of rotatable bonds is 8. The summed E-state index contributed by atoms with van der Waals surface area (Å²) >= 11 is 5.50. The normalized spacial score (nSPS) is 15.7. The first-order valence-corrected chi connectivity index (χ1v) is 12.0. The van der Waals surface area contributed by atoms with Gasteiger partial charge in [0.25, 0.3) is 0 Å². The zero-order chi connectivity index (χ0) is 22.9. The van der Waals surface area contributed by atoms with Crippen LogP contribution in [-0.4, -0.2) is 34.7 Å². The van der Waals surface area contributed by atoms with Crippen molar-refractivity contribution >= 4 is 29.1 Å². The van der Waals surface area contributed by atoms with Gasteiger partial charge in [-0.05, 0) is 61.5 Å². The van der Waals surface area contributed by atoms with Crippen LogP contribution in [0.1, 0.15) is 31.7 Å². The highest BCUT2D eigenvalue weighted by molar-refractivity contribution is 7.80. The molecule has 2 heterocycles. The van der Waals surface area contributed by atoms with Gasteiger partial charge >= 0.3 is 0 Å². The quantitative estimate of drug-likeness (QED) is 0.343. The van der Waals surface area contributed by atoms with Crippen molar-refractivity contribution in [1.82, 2.24) is 15.3 Å². The molecule has 1 aromatic heterocycles. The van der Waals surface area contributed by atoms with Crippen LogP contribution in [0, 0.1) is 5.92 Å². The summed E-state index contributed by atoms with van der Waals surface area (Å²) in [6, 6.07) is 22.0. The number of ether oxygens (including phenoxy) is 1. The van der Waals surface area contributed by atoms with E-state index in [1.165, 1.54) is 12.0 Å². The summed E-state index contributed by atoms with van der Waals surface area (Å²) in [4.78, 5) is 11.6. The highest BCUT2D eigenvalue weighted by atomic mass is 32.1. The van der Waals surface area contributed by atoms with E-state index in [4.69, 9.17) is 21.9 Å². The Morgan fingerprint density at radius 1 is 1.09 bits per heavy atom. The second-order valence-electron chi connectivity index (χ2n) is 8.47. The van der Waals surface area contributed by atoms with Crippen LogP contribution in [0.5, 0.6) is 11.6 Å². The van der Waals surface area contributed by atoms with E-state index in [-0.39, 0.29) is 0 Å². The number of benzene rings is 2. The van der Waals surface area contributed by atoms with Crippen molar-refractivity contribution in [3.05, 3.63) is 72.3 Å². The summed E-state index contributed by atoms with van der Waals surface area (Å²) in [5, 5.41) is 6.92. The van der Waals surface area contributed by atoms with Crippen LogP contribution in [0.15, 0.2) is 66.7 Å². The summed E-state index contributed by atoms with van der Waals surface area (Å²) in [5.41, 5.74) is 1.33. The number of aryl methyl sites for hydroxylation is 1. The Morgan fingerprint density at radius 2 is 1.85 bits per heavy atom. The van der Waals surface area contributed by atoms with Crippen LogP contribution in [-0.2, 0) is 6.42 Å². The molecule has 0 unspecified atom stereocenters. The lowest BCUT2D eigenvalue weighted by Crippen LogP contribution is -2.35. The molecule has 33 heavy (non-hydrogen) atoms. The number of aromatic nitrogens is 2. The lowest BCUT2D eigenvalue weighted by Gasteiger charge is -2.32. The fourth-order valence-electron chi connectivity index (χ4n) is 3.97. The van der Waals surface area contributed by atoms with Gasteiger partial charge in [0, 0.05) is 25.7 Å². The van der Waals surface area contributed by atoms with Gasteiger partial charge in [-0.3, -0.25) is 0 Å². The van der Waals surface area contributed by atoms with Crippen LogP contribution in [0.2, 0.25) is 0 Å². The van der Waals surface area contributed by atoms with Gasteiger partial charge in [0.15, 0.2) is 5.11 Å². The molecule has 2 N–H and O–H groups in total. The first-order valence-electron chi connectivity index (χ1n) is 11.6. The molecule has 0 spiro atoms. The SMILES string of the molecule is C[C@H]1CCCN(c2cc(Oc3ccccc3)nc(NC(=S)NCCCc3ccccc3)n2)C1. The van der Waals surface area contributed by atoms with E-state index in [1.807, 2.05) is 42.5 Å². The second-order valence-corrected chi connectivity index (χ2v) is 8.87. The van der Waals surface area contributed by atoms with E-state index in [2.05, 4.69) is 51.7 Å². The van der Waals surface area contributed by atoms with E-state index in [0.29, 0.717) is 22.9 Å². The number of hydrogen-bond acceptors (Lipinski definition) is 5. The van der Waals surface area contributed by atoms with Gasteiger partial charge in [-0.2, -0.15) is 9.97 Å². The van der Waals surface area contributed by atoms with Gasteiger partial charge in [0.2, 0.25) is 11.8 Å². The molecule has 3 aromatic rings. The fourth-order valence-corrected chi connectivity index (χ4v) is 4.17. The Labute approximate surface area is 201 Å². The van der Waals surface area contributed by atoms with E-state index in [1.54, 1.807) is 0 Å². The molecule has 1 fully saturated rings. The molecule has 4 rings (SSSR count). The average molecular weight is 462 g/mol. The monoisotopic (exact) mass is 461 g/mol. The van der Waals surface area contributed by atoms with Crippen molar-refractivity contribution in [2.75, 3.05) is 29.9 Å². The molecule has 172 valence electrons. The predicted molar refractivity (Wildman–Crippen MR) is 138 cm³/mol. The summed E-state index contributed by atoms with van der Waals surface area (Å²) in [6.07, 6.45) is 4.40. The summed E-state index contributed by atoms with van der Waals surface area (Å²) in [7, 11) is 0. The van der Waals surface area contributed by atoms with E-state index >= 15 is 0 Å². The van der Waals surface area contributed by atoms with Gasteiger partial charge in [-0.25, -0.2) is 0 Å². The van der Waals surface area contributed by atoms with E-state index < -0.39 is 0 Å². The Kier molecular flexibility index (Phi) is 8.09. The van der Waals surface area contributed by atoms with Crippen LogP contribution < -0.4 is 20.3 Å². The van der Waals surface area contributed by atoms with Gasteiger partial charge in [0.1, 0.15) is 11.6 Å². The largest absolute Gasteiger partial charge is 0.439 e. The molecule has 1 aliphatic rings. The van der Waals surface area contributed by atoms with Crippen molar-refractivity contribution < 1.29 is 4.74 Å². The fraction of sp³-hybridized carbons (Fsp3) is 0.346. The number of thiocarbonyl (C=S) groups is 1. The zero-order valence-electron chi connectivity index (χ0n) is 19.0. The molecule has 7 heteroatoms. The summed E-state index contributed by atoms with van der Waals surface area (Å²) < 4.78 is 6.02. The maximum absolute atomic E-state index is 6.02. The Hall–Kier alpha value is -3.19. The molecule has 2 aromatic carbocycles. The van der Waals surface area contributed by atoms with E-state index in [0.717, 1.165) is 50.5 Å². The molecule has 1 atom stereocenters. The summed E-state index contributed by atoms with van der Waals surface area (Å²) in [5.74, 6) is 3.17. The lowest BCUT2D eigenvalue weighted by molar-refractivity contribution is 0.440. The molecule has 1 aliphatic heterocycles. The van der Waals surface area contributed by atoms with Crippen LogP contribution >= 0.6 is 12.2 Å². The maximum atomic E-state index is 6.02. The van der Waals surface area contributed by atoms with Gasteiger partial charge in [-0.15, -0.1) is 0 Å². The third-order valence-electron chi connectivity index (χ3n) is 5.63. The molecule has 0 aliphatic carbocycles. The standard InChI is InChI=1S/C26H31N5OS/c1-20-10-9-17-31(19-20)23-18-24(32-22-14-6-3-7-15-22)29-25(28-23)30-26(33)27-16-8-13-21-11-4-2-5-12-21/h2-7,11-12,14-15,18,20H,8-10,13,16-17,19H2,1H3,(H2,27,28,29,30,33)/t20-/m0/s1. The highest BCUT2D eigenvalue weighted by Crippen LogP contribution is 2.27. The molecule has 6 nitrogen and oxygen atoms in total. The Morgan fingerprint density at radius 3 is 2.61 bits per heavy atom. The van der Waals surface area contributed by atoms with Gasteiger partial charge in [-0.1, -0.05) is 55.5 Å². The predicted octanol–water partition coefficient (Wildman–Crippen LogP) is 5.42. The maximum Gasteiger partial charge on any atom is 0.234 e. The number of para-hydroxylation sites is 1. The first-order chi connectivity index (χ1) is 16.2.